The number of esters is 1. The molecule has 0 aliphatic carbocycles. The molecule has 1 amide bonds. The molecule has 2 unspecified atom stereocenters. The number of rotatable bonds is 12. The van der Waals surface area contributed by atoms with Crippen molar-refractivity contribution < 1.29 is 29.0 Å². The maximum absolute atomic E-state index is 12.7. The van der Waals surface area contributed by atoms with E-state index in [0.717, 1.165) is 18.4 Å². The summed E-state index contributed by atoms with van der Waals surface area (Å²) < 4.78 is 10.8. The van der Waals surface area contributed by atoms with Crippen LogP contribution in [0.5, 0.6) is 0 Å². The summed E-state index contributed by atoms with van der Waals surface area (Å²) in [4.78, 5) is 36.8. The number of carboxylic acids is 1. The van der Waals surface area contributed by atoms with E-state index in [1.807, 2.05) is 37.3 Å². The van der Waals surface area contributed by atoms with E-state index < -0.39 is 41.6 Å². The van der Waals surface area contributed by atoms with Gasteiger partial charge in [-0.1, -0.05) is 30.3 Å². The number of ether oxygens (including phenoxy) is 2. The van der Waals surface area contributed by atoms with Gasteiger partial charge in [0.1, 0.15) is 12.1 Å². The fourth-order valence-corrected chi connectivity index (χ4v) is 3.77. The van der Waals surface area contributed by atoms with E-state index in [1.165, 1.54) is 0 Å². The summed E-state index contributed by atoms with van der Waals surface area (Å²) in [7, 11) is 0. The number of benzene rings is 1. The first kappa shape index (κ1) is 24.8. The lowest BCUT2D eigenvalue weighted by atomic mass is 9.93. The first-order valence-electron chi connectivity index (χ1n) is 10.9. The average molecular weight is 435 g/mol. The van der Waals surface area contributed by atoms with Gasteiger partial charge in [-0.15, -0.1) is 0 Å². The Morgan fingerprint density at radius 1 is 1.23 bits per heavy atom. The molecule has 172 valence electrons. The molecule has 1 aliphatic rings. The Labute approximate surface area is 183 Å². The van der Waals surface area contributed by atoms with E-state index in [-0.39, 0.29) is 13.0 Å². The van der Waals surface area contributed by atoms with Crippen molar-refractivity contribution in [3.63, 3.8) is 0 Å². The highest BCUT2D eigenvalue weighted by atomic mass is 16.5. The van der Waals surface area contributed by atoms with Crippen LogP contribution in [0.2, 0.25) is 0 Å². The SMILES string of the molecule is CCOC(=O)[C@H](CCc1ccccc1)NC(C)C(=O)NC(C[C@]1(C)CCCO1)C(=O)O. The van der Waals surface area contributed by atoms with Crippen molar-refractivity contribution in [2.75, 3.05) is 13.2 Å². The molecule has 1 aliphatic heterocycles. The zero-order valence-corrected chi connectivity index (χ0v) is 18.6. The number of carbonyl (C=O) groups excluding carboxylic acids is 2. The number of aryl methyl sites for hydroxylation is 1. The van der Waals surface area contributed by atoms with Crippen LogP contribution in [0.1, 0.15) is 52.0 Å². The summed E-state index contributed by atoms with van der Waals surface area (Å²) >= 11 is 0. The van der Waals surface area contributed by atoms with Crippen molar-refractivity contribution in [1.29, 1.82) is 0 Å². The van der Waals surface area contributed by atoms with Crippen molar-refractivity contribution in [1.82, 2.24) is 10.6 Å². The molecule has 1 fully saturated rings. The smallest absolute Gasteiger partial charge is 0.326 e. The van der Waals surface area contributed by atoms with Crippen LogP contribution in [-0.4, -0.2) is 59.9 Å². The highest BCUT2D eigenvalue weighted by Crippen LogP contribution is 2.29. The Morgan fingerprint density at radius 2 is 1.94 bits per heavy atom. The fourth-order valence-electron chi connectivity index (χ4n) is 3.77. The number of nitrogens with one attached hydrogen (secondary N) is 2. The Bertz CT molecular complexity index is 733. The Morgan fingerprint density at radius 3 is 2.52 bits per heavy atom. The lowest BCUT2D eigenvalue weighted by Gasteiger charge is -2.28. The molecule has 4 atom stereocenters. The van der Waals surface area contributed by atoms with E-state index in [2.05, 4.69) is 10.6 Å². The van der Waals surface area contributed by atoms with Crippen molar-refractivity contribution >= 4 is 17.8 Å². The minimum absolute atomic E-state index is 0.191. The highest BCUT2D eigenvalue weighted by molar-refractivity contribution is 5.87. The van der Waals surface area contributed by atoms with Crippen LogP contribution >= 0.6 is 0 Å². The first-order valence-corrected chi connectivity index (χ1v) is 10.9. The lowest BCUT2D eigenvalue weighted by molar-refractivity contribution is -0.147. The quantitative estimate of drug-likeness (QED) is 0.432. The van der Waals surface area contributed by atoms with E-state index >= 15 is 0 Å². The van der Waals surface area contributed by atoms with Crippen LogP contribution in [0.15, 0.2) is 30.3 Å². The molecule has 0 spiro atoms. The highest BCUT2D eigenvalue weighted by Gasteiger charge is 2.36. The summed E-state index contributed by atoms with van der Waals surface area (Å²) in [5.41, 5.74) is 0.516. The van der Waals surface area contributed by atoms with Gasteiger partial charge in [-0.05, 0) is 52.0 Å². The zero-order chi connectivity index (χ0) is 22.9. The second kappa shape index (κ2) is 11.8. The second-order valence-corrected chi connectivity index (χ2v) is 8.22. The summed E-state index contributed by atoms with van der Waals surface area (Å²) in [6, 6.07) is 7.21. The molecule has 0 aromatic heterocycles. The Hall–Kier alpha value is -2.45. The molecule has 0 saturated carbocycles. The molecule has 0 radical (unpaired) electrons. The van der Waals surface area contributed by atoms with Gasteiger partial charge in [0.15, 0.2) is 0 Å². The fraction of sp³-hybridized carbons (Fsp3) is 0.609. The van der Waals surface area contributed by atoms with Gasteiger partial charge in [0, 0.05) is 13.0 Å². The minimum Gasteiger partial charge on any atom is -0.480 e. The summed E-state index contributed by atoms with van der Waals surface area (Å²) in [6.45, 7) is 6.03. The molecular formula is C23H34N2O6. The van der Waals surface area contributed by atoms with Crippen LogP contribution in [-0.2, 0) is 30.3 Å². The number of carbonyl (C=O) groups is 3. The summed E-state index contributed by atoms with van der Waals surface area (Å²) in [5.74, 6) is -2.02. The molecule has 1 heterocycles. The molecular weight excluding hydrogens is 400 g/mol. The van der Waals surface area contributed by atoms with Gasteiger partial charge in [-0.3, -0.25) is 14.9 Å². The van der Waals surface area contributed by atoms with Gasteiger partial charge < -0.3 is 19.9 Å². The van der Waals surface area contributed by atoms with Gasteiger partial charge in [-0.25, -0.2) is 4.79 Å². The number of amides is 1. The van der Waals surface area contributed by atoms with E-state index in [4.69, 9.17) is 9.47 Å². The van der Waals surface area contributed by atoms with Crippen LogP contribution < -0.4 is 10.6 Å². The van der Waals surface area contributed by atoms with Crippen LogP contribution in [0.25, 0.3) is 0 Å². The third-order valence-electron chi connectivity index (χ3n) is 5.53. The van der Waals surface area contributed by atoms with Crippen molar-refractivity contribution in [3.05, 3.63) is 35.9 Å². The molecule has 2 rings (SSSR count). The minimum atomic E-state index is -1.11. The number of carboxylic acid groups (broad SMARTS) is 1. The number of hydrogen-bond acceptors (Lipinski definition) is 6. The first-order chi connectivity index (χ1) is 14.7. The summed E-state index contributed by atoms with van der Waals surface area (Å²) in [5, 5.41) is 15.2. The van der Waals surface area contributed by atoms with Gasteiger partial charge in [-0.2, -0.15) is 0 Å². The van der Waals surface area contributed by atoms with Crippen molar-refractivity contribution in [3.8, 4) is 0 Å². The monoisotopic (exact) mass is 434 g/mol. The molecule has 3 N–H and O–H groups in total. The van der Waals surface area contributed by atoms with E-state index in [9.17, 15) is 19.5 Å². The van der Waals surface area contributed by atoms with E-state index in [0.29, 0.717) is 19.4 Å². The summed E-state index contributed by atoms with van der Waals surface area (Å²) in [6.07, 6.45) is 2.91. The van der Waals surface area contributed by atoms with Crippen molar-refractivity contribution in [2.45, 2.75) is 76.6 Å². The maximum atomic E-state index is 12.7. The standard InChI is InChI=1S/C23H34N2O6/c1-4-30-22(29)18(12-11-17-9-6-5-7-10-17)24-16(2)20(26)25-19(21(27)28)15-23(3)13-8-14-31-23/h5-7,9-10,16,18-19,24H,4,8,11-15H2,1-3H3,(H,25,26)(H,27,28)/t16?,18-,19?,23-/m0/s1. The maximum Gasteiger partial charge on any atom is 0.326 e. The van der Waals surface area contributed by atoms with Crippen LogP contribution in [0, 0.1) is 0 Å². The van der Waals surface area contributed by atoms with Crippen molar-refractivity contribution in [2.24, 2.45) is 0 Å². The van der Waals surface area contributed by atoms with E-state index in [1.54, 1.807) is 13.8 Å². The van der Waals surface area contributed by atoms with Gasteiger partial charge in [0.2, 0.25) is 5.91 Å². The third kappa shape index (κ3) is 7.95. The normalized spacial score (nSPS) is 21.1. The van der Waals surface area contributed by atoms with Crippen LogP contribution in [0.3, 0.4) is 0 Å². The molecule has 0 bridgehead atoms. The second-order valence-electron chi connectivity index (χ2n) is 8.22. The van der Waals surface area contributed by atoms with Gasteiger partial charge in [0.25, 0.3) is 0 Å². The Balaban J connectivity index is 1.97. The Kier molecular flexibility index (Phi) is 9.45. The molecule has 1 aromatic rings. The molecule has 1 saturated heterocycles. The average Bonchev–Trinajstić information content (AvgIpc) is 3.17. The van der Waals surface area contributed by atoms with Gasteiger partial charge in [0.05, 0.1) is 18.2 Å². The molecule has 31 heavy (non-hydrogen) atoms. The number of aliphatic carboxylic acids is 1. The molecule has 8 nitrogen and oxygen atoms in total. The third-order valence-corrected chi connectivity index (χ3v) is 5.53. The van der Waals surface area contributed by atoms with Gasteiger partial charge >= 0.3 is 11.9 Å². The van der Waals surface area contributed by atoms with Crippen LogP contribution in [0.4, 0.5) is 0 Å². The largest absolute Gasteiger partial charge is 0.480 e. The molecule has 8 heteroatoms. The molecule has 1 aromatic carbocycles. The predicted molar refractivity (Wildman–Crippen MR) is 116 cm³/mol. The number of hydrogen-bond donors (Lipinski definition) is 3. The topological polar surface area (TPSA) is 114 Å². The zero-order valence-electron chi connectivity index (χ0n) is 18.6. The predicted octanol–water partition coefficient (Wildman–Crippen LogP) is 2.06. The lowest BCUT2D eigenvalue weighted by Crippen LogP contribution is -2.54.